The van der Waals surface area contributed by atoms with Crippen molar-refractivity contribution in [3.05, 3.63) is 131 Å². The van der Waals surface area contributed by atoms with Crippen LogP contribution in [0.15, 0.2) is 109 Å². The molecule has 0 aliphatic rings. The lowest BCUT2D eigenvalue weighted by molar-refractivity contribution is 0.0817. The molecule has 0 aliphatic carbocycles. The van der Waals surface area contributed by atoms with E-state index in [-0.39, 0.29) is 22.9 Å². The molecule has 0 spiro atoms. The minimum absolute atomic E-state index is 0.173. The Hall–Kier alpha value is -4.84. The maximum Gasteiger partial charge on any atom is 0.255 e. The Morgan fingerprint density at radius 3 is 1.00 bits per heavy atom. The lowest BCUT2D eigenvalue weighted by Gasteiger charge is -2.07. The first-order chi connectivity index (χ1) is 16.5. The molecule has 0 radical (unpaired) electrons. The first-order valence-corrected chi connectivity index (χ1v) is 10.5. The van der Waals surface area contributed by atoms with Gasteiger partial charge in [-0.3, -0.25) is 19.2 Å². The van der Waals surface area contributed by atoms with Gasteiger partial charge in [-0.05, 0) is 48.5 Å². The van der Waals surface area contributed by atoms with Gasteiger partial charge in [0.1, 0.15) is 0 Å². The number of ketones is 2. The van der Waals surface area contributed by atoms with Crippen molar-refractivity contribution in [1.82, 2.24) is 0 Å². The van der Waals surface area contributed by atoms with Crippen LogP contribution in [-0.4, -0.2) is 23.4 Å². The van der Waals surface area contributed by atoms with E-state index < -0.39 is 11.6 Å². The van der Waals surface area contributed by atoms with Crippen molar-refractivity contribution >= 4 is 34.8 Å². The molecule has 166 valence electrons. The maximum absolute atomic E-state index is 12.6. The van der Waals surface area contributed by atoms with Gasteiger partial charge in [0.15, 0.2) is 0 Å². The maximum atomic E-state index is 12.6. The van der Waals surface area contributed by atoms with E-state index in [1.807, 2.05) is 36.4 Å². The topological polar surface area (TPSA) is 92.3 Å². The van der Waals surface area contributed by atoms with Gasteiger partial charge >= 0.3 is 0 Å². The molecular formula is C28H20N2O4. The van der Waals surface area contributed by atoms with E-state index in [0.717, 1.165) is 0 Å². The molecule has 0 atom stereocenters. The Balaban J connectivity index is 1.40. The summed E-state index contributed by atoms with van der Waals surface area (Å²) in [6, 6.07) is 29.8. The predicted octanol–water partition coefficient (Wildman–Crippen LogP) is 5.26. The molecular weight excluding hydrogens is 428 g/mol. The summed E-state index contributed by atoms with van der Waals surface area (Å²) in [5.74, 6) is -2.03. The monoisotopic (exact) mass is 448 g/mol. The zero-order valence-electron chi connectivity index (χ0n) is 18.0. The number of hydrogen-bond acceptors (Lipinski definition) is 4. The van der Waals surface area contributed by atoms with Crippen LogP contribution in [0, 0.1) is 0 Å². The lowest BCUT2D eigenvalue weighted by atomic mass is 9.99. The van der Waals surface area contributed by atoms with Crippen molar-refractivity contribution in [3.63, 3.8) is 0 Å². The molecule has 2 amide bonds. The molecule has 34 heavy (non-hydrogen) atoms. The molecule has 0 aromatic heterocycles. The van der Waals surface area contributed by atoms with E-state index in [1.165, 1.54) is 48.5 Å². The second-order valence-electron chi connectivity index (χ2n) is 7.45. The van der Waals surface area contributed by atoms with Crippen LogP contribution in [0.1, 0.15) is 41.4 Å². The number of anilines is 2. The first kappa shape index (κ1) is 22.4. The summed E-state index contributed by atoms with van der Waals surface area (Å²) in [5, 5.41) is 5.52. The molecule has 0 heterocycles. The fraction of sp³-hybridized carbons (Fsp3) is 0. The average Bonchev–Trinajstić information content (AvgIpc) is 2.89. The van der Waals surface area contributed by atoms with Gasteiger partial charge < -0.3 is 10.6 Å². The van der Waals surface area contributed by atoms with Crippen LogP contribution < -0.4 is 10.6 Å². The van der Waals surface area contributed by atoms with Gasteiger partial charge in [-0.15, -0.1) is 0 Å². The molecule has 2 N–H and O–H groups in total. The minimum Gasteiger partial charge on any atom is -0.322 e. The normalized spacial score (nSPS) is 10.2. The minimum atomic E-state index is -0.698. The van der Waals surface area contributed by atoms with Crippen molar-refractivity contribution in [3.8, 4) is 0 Å². The van der Waals surface area contributed by atoms with Gasteiger partial charge in [-0.25, -0.2) is 0 Å². The third-order valence-electron chi connectivity index (χ3n) is 5.09. The molecule has 4 rings (SSSR count). The van der Waals surface area contributed by atoms with Crippen LogP contribution in [0.2, 0.25) is 0 Å². The van der Waals surface area contributed by atoms with Gasteiger partial charge in [-0.1, -0.05) is 60.7 Å². The highest BCUT2D eigenvalue weighted by Crippen LogP contribution is 2.14. The molecule has 0 aliphatic heterocycles. The number of benzene rings is 4. The van der Waals surface area contributed by atoms with Gasteiger partial charge in [0.2, 0.25) is 11.6 Å². The third kappa shape index (κ3) is 5.31. The highest BCUT2D eigenvalue weighted by atomic mass is 16.2. The zero-order valence-corrected chi connectivity index (χ0v) is 18.0. The van der Waals surface area contributed by atoms with E-state index in [2.05, 4.69) is 10.6 Å². The second kappa shape index (κ2) is 10.2. The van der Waals surface area contributed by atoms with Crippen LogP contribution >= 0.6 is 0 Å². The second-order valence-corrected chi connectivity index (χ2v) is 7.45. The van der Waals surface area contributed by atoms with Crippen LogP contribution in [0.4, 0.5) is 11.4 Å². The van der Waals surface area contributed by atoms with Gasteiger partial charge in [0.05, 0.1) is 0 Å². The summed E-state index contributed by atoms with van der Waals surface area (Å²) in [6.45, 7) is 0. The highest BCUT2D eigenvalue weighted by Gasteiger charge is 2.19. The zero-order chi connectivity index (χ0) is 23.9. The fourth-order valence-corrected chi connectivity index (χ4v) is 3.26. The highest BCUT2D eigenvalue weighted by molar-refractivity contribution is 6.49. The van der Waals surface area contributed by atoms with Crippen molar-refractivity contribution in [2.24, 2.45) is 0 Å². The Morgan fingerprint density at radius 2 is 0.676 bits per heavy atom. The standard InChI is InChI=1S/C28H20N2O4/c31-25(19-11-15-21(16-12-19)27(33)29-23-7-3-1-4-8-23)26(32)20-13-17-22(18-14-20)28(34)30-24-9-5-2-6-10-24/h1-18H,(H,29,33)(H,30,34). The Kier molecular flexibility index (Phi) is 6.70. The number of para-hydroxylation sites is 2. The fourth-order valence-electron chi connectivity index (χ4n) is 3.26. The molecule has 0 fully saturated rings. The average molecular weight is 448 g/mol. The van der Waals surface area contributed by atoms with Crippen LogP contribution in [0.25, 0.3) is 0 Å². The smallest absolute Gasteiger partial charge is 0.255 e. The van der Waals surface area contributed by atoms with Gasteiger partial charge in [0.25, 0.3) is 11.8 Å². The first-order valence-electron chi connectivity index (χ1n) is 10.5. The number of carbonyl (C=O) groups is 4. The van der Waals surface area contributed by atoms with Gasteiger partial charge in [0, 0.05) is 33.6 Å². The Morgan fingerprint density at radius 1 is 0.382 bits per heavy atom. The number of nitrogens with one attached hydrogen (secondary N) is 2. The molecule has 6 heteroatoms. The van der Waals surface area contributed by atoms with Crippen LogP contribution in [0.5, 0.6) is 0 Å². The van der Waals surface area contributed by atoms with E-state index in [1.54, 1.807) is 24.3 Å². The van der Waals surface area contributed by atoms with E-state index in [9.17, 15) is 19.2 Å². The molecule has 6 nitrogen and oxygen atoms in total. The van der Waals surface area contributed by atoms with E-state index >= 15 is 0 Å². The lowest BCUT2D eigenvalue weighted by Crippen LogP contribution is -2.16. The summed E-state index contributed by atoms with van der Waals surface area (Å²) in [6.07, 6.45) is 0. The number of rotatable bonds is 7. The summed E-state index contributed by atoms with van der Waals surface area (Å²) in [4.78, 5) is 50.0. The van der Waals surface area contributed by atoms with Crippen molar-refractivity contribution in [2.75, 3.05) is 10.6 Å². The van der Waals surface area contributed by atoms with Gasteiger partial charge in [-0.2, -0.15) is 0 Å². The summed E-state index contributed by atoms with van der Waals surface area (Å²) < 4.78 is 0. The van der Waals surface area contributed by atoms with E-state index in [4.69, 9.17) is 0 Å². The number of hydrogen-bond donors (Lipinski definition) is 2. The summed E-state index contributed by atoms with van der Waals surface area (Å²) in [7, 11) is 0. The number of Topliss-reactive ketones (excluding diaryl/α,β-unsaturated/α-hetero) is 2. The largest absolute Gasteiger partial charge is 0.322 e. The molecule has 0 saturated heterocycles. The van der Waals surface area contributed by atoms with Crippen molar-refractivity contribution < 1.29 is 19.2 Å². The van der Waals surface area contributed by atoms with Crippen LogP contribution in [0.3, 0.4) is 0 Å². The molecule has 0 bridgehead atoms. The number of carbonyl (C=O) groups excluding carboxylic acids is 4. The summed E-state index contributed by atoms with van der Waals surface area (Å²) >= 11 is 0. The molecule has 4 aromatic carbocycles. The van der Waals surface area contributed by atoms with Crippen LogP contribution in [-0.2, 0) is 0 Å². The molecule has 4 aromatic rings. The third-order valence-corrected chi connectivity index (χ3v) is 5.09. The Bertz CT molecular complexity index is 1220. The summed E-state index contributed by atoms with van der Waals surface area (Å²) in [5.41, 5.74) is 2.38. The van der Waals surface area contributed by atoms with Crippen molar-refractivity contribution in [2.45, 2.75) is 0 Å². The SMILES string of the molecule is O=C(Nc1ccccc1)c1ccc(C(=O)C(=O)c2ccc(C(=O)Nc3ccccc3)cc2)cc1. The van der Waals surface area contributed by atoms with E-state index in [0.29, 0.717) is 22.5 Å². The quantitative estimate of drug-likeness (QED) is 0.298. The number of amides is 2. The predicted molar refractivity (Wildman–Crippen MR) is 130 cm³/mol. The molecule has 0 unspecified atom stereocenters. The molecule has 0 saturated carbocycles. The Labute approximate surface area is 196 Å². The van der Waals surface area contributed by atoms with Crippen molar-refractivity contribution in [1.29, 1.82) is 0 Å².